The Bertz CT molecular complexity index is 503. The molecule has 5 heteroatoms. The zero-order chi connectivity index (χ0) is 11.0. The molecule has 0 saturated carbocycles. The molecule has 0 aromatic carbocycles. The lowest BCUT2D eigenvalue weighted by Gasteiger charge is -2.12. The Labute approximate surface area is 93.5 Å². The van der Waals surface area contributed by atoms with E-state index in [1.54, 1.807) is 6.33 Å². The van der Waals surface area contributed by atoms with Gasteiger partial charge in [0.15, 0.2) is 0 Å². The van der Waals surface area contributed by atoms with Gasteiger partial charge in [-0.15, -0.1) is 0 Å². The van der Waals surface area contributed by atoms with E-state index in [0.717, 1.165) is 36.5 Å². The summed E-state index contributed by atoms with van der Waals surface area (Å²) < 4.78 is 1.93. The number of aromatic nitrogens is 4. The summed E-state index contributed by atoms with van der Waals surface area (Å²) in [6, 6.07) is 0. The normalized spacial score (nSPS) is 14.8. The summed E-state index contributed by atoms with van der Waals surface area (Å²) in [5, 5.41) is 7.85. The van der Waals surface area contributed by atoms with Gasteiger partial charge in [0.2, 0.25) is 0 Å². The van der Waals surface area contributed by atoms with Crippen molar-refractivity contribution in [2.45, 2.75) is 13.0 Å². The summed E-state index contributed by atoms with van der Waals surface area (Å²) >= 11 is 0. The van der Waals surface area contributed by atoms with Crippen molar-refractivity contribution in [2.24, 2.45) is 7.05 Å². The van der Waals surface area contributed by atoms with Crippen LogP contribution in [-0.2, 0) is 20.0 Å². The fourth-order valence-corrected chi connectivity index (χ4v) is 2.23. The first kappa shape index (κ1) is 9.47. The fourth-order valence-electron chi connectivity index (χ4n) is 2.23. The van der Waals surface area contributed by atoms with Crippen LogP contribution in [-0.4, -0.2) is 26.3 Å². The highest BCUT2D eigenvalue weighted by molar-refractivity contribution is 5.63. The summed E-state index contributed by atoms with van der Waals surface area (Å²) in [6.45, 7) is 1.87. The molecule has 2 aromatic rings. The Morgan fingerprint density at radius 2 is 2.12 bits per heavy atom. The summed E-state index contributed by atoms with van der Waals surface area (Å²) in [4.78, 5) is 8.13. The van der Waals surface area contributed by atoms with E-state index < -0.39 is 0 Å². The highest BCUT2D eigenvalue weighted by Gasteiger charge is 2.19. The predicted molar refractivity (Wildman–Crippen MR) is 59.6 cm³/mol. The second kappa shape index (κ2) is 3.68. The second-order valence-corrected chi connectivity index (χ2v) is 3.95. The molecule has 1 aliphatic rings. The highest BCUT2D eigenvalue weighted by Crippen LogP contribution is 2.26. The Balaban J connectivity index is 2.17. The minimum Gasteiger partial charge on any atom is -0.311 e. The van der Waals surface area contributed by atoms with Gasteiger partial charge in [-0.3, -0.25) is 4.68 Å². The number of aryl methyl sites for hydroxylation is 1. The van der Waals surface area contributed by atoms with E-state index in [1.165, 1.54) is 5.56 Å². The van der Waals surface area contributed by atoms with Crippen LogP contribution >= 0.6 is 0 Å². The third-order valence-electron chi connectivity index (χ3n) is 2.91. The quantitative estimate of drug-likeness (QED) is 0.753. The molecule has 82 valence electrons. The Morgan fingerprint density at radius 1 is 1.31 bits per heavy atom. The van der Waals surface area contributed by atoms with Crippen molar-refractivity contribution < 1.29 is 0 Å². The molecule has 0 amide bonds. The van der Waals surface area contributed by atoms with Crippen LogP contribution in [0, 0.1) is 0 Å². The van der Waals surface area contributed by atoms with Gasteiger partial charge >= 0.3 is 0 Å². The van der Waals surface area contributed by atoms with Gasteiger partial charge < -0.3 is 5.32 Å². The maximum Gasteiger partial charge on any atom is 0.115 e. The topological polar surface area (TPSA) is 55.6 Å². The Hall–Kier alpha value is -1.75. The summed E-state index contributed by atoms with van der Waals surface area (Å²) in [6.07, 6.45) is 6.25. The van der Waals surface area contributed by atoms with Crippen LogP contribution in [0.2, 0.25) is 0 Å². The van der Waals surface area contributed by atoms with E-state index >= 15 is 0 Å². The van der Waals surface area contributed by atoms with Crippen LogP contribution < -0.4 is 5.32 Å². The maximum absolute atomic E-state index is 4.53. The van der Waals surface area contributed by atoms with Crippen molar-refractivity contribution in [1.29, 1.82) is 0 Å². The summed E-state index contributed by atoms with van der Waals surface area (Å²) in [5.41, 5.74) is 4.67. The van der Waals surface area contributed by atoms with Crippen LogP contribution in [0.1, 0.15) is 11.3 Å². The van der Waals surface area contributed by atoms with Crippen LogP contribution in [0.5, 0.6) is 0 Å². The van der Waals surface area contributed by atoms with E-state index in [4.69, 9.17) is 0 Å². The number of hydrogen-bond acceptors (Lipinski definition) is 4. The van der Waals surface area contributed by atoms with Crippen LogP contribution in [0.15, 0.2) is 18.7 Å². The minimum atomic E-state index is 0.858. The molecule has 3 rings (SSSR count). The molecule has 0 radical (unpaired) electrons. The monoisotopic (exact) mass is 215 g/mol. The third-order valence-corrected chi connectivity index (χ3v) is 2.91. The van der Waals surface area contributed by atoms with Gasteiger partial charge in [-0.25, -0.2) is 9.97 Å². The zero-order valence-electron chi connectivity index (χ0n) is 9.14. The highest BCUT2D eigenvalue weighted by atomic mass is 15.3. The zero-order valence-corrected chi connectivity index (χ0v) is 9.14. The average molecular weight is 215 g/mol. The maximum atomic E-state index is 4.53. The van der Waals surface area contributed by atoms with Crippen molar-refractivity contribution in [3.63, 3.8) is 0 Å². The molecule has 16 heavy (non-hydrogen) atoms. The predicted octanol–water partition coefficient (Wildman–Crippen LogP) is 0.523. The van der Waals surface area contributed by atoms with Crippen molar-refractivity contribution in [2.75, 3.05) is 6.54 Å². The molecule has 0 bridgehead atoms. The van der Waals surface area contributed by atoms with Crippen LogP contribution in [0.3, 0.4) is 0 Å². The lowest BCUT2D eigenvalue weighted by atomic mass is 10.0. The Morgan fingerprint density at radius 3 is 2.94 bits per heavy atom. The first-order valence-corrected chi connectivity index (χ1v) is 5.37. The smallest absolute Gasteiger partial charge is 0.115 e. The lowest BCUT2D eigenvalue weighted by molar-refractivity contribution is 0.625. The lowest BCUT2D eigenvalue weighted by Crippen LogP contribution is -2.23. The molecule has 0 atom stereocenters. The first-order chi connectivity index (χ1) is 7.86. The van der Waals surface area contributed by atoms with E-state index in [1.807, 2.05) is 24.1 Å². The third kappa shape index (κ3) is 1.40. The van der Waals surface area contributed by atoms with Crippen molar-refractivity contribution in [3.8, 4) is 11.3 Å². The number of nitrogens with one attached hydrogen (secondary N) is 1. The van der Waals surface area contributed by atoms with Crippen LogP contribution in [0.4, 0.5) is 0 Å². The van der Waals surface area contributed by atoms with E-state index in [9.17, 15) is 0 Å². The largest absolute Gasteiger partial charge is 0.311 e. The molecule has 3 heterocycles. The molecule has 2 aromatic heterocycles. The number of nitrogens with zero attached hydrogens (tertiary/aromatic N) is 4. The molecule has 0 aliphatic carbocycles. The van der Waals surface area contributed by atoms with Crippen molar-refractivity contribution in [3.05, 3.63) is 30.0 Å². The van der Waals surface area contributed by atoms with Gasteiger partial charge in [0.1, 0.15) is 6.33 Å². The van der Waals surface area contributed by atoms with Gasteiger partial charge in [0.05, 0.1) is 11.4 Å². The molecule has 0 saturated heterocycles. The molecule has 0 fully saturated rings. The standard InChI is InChI=1S/C11H13N5/c1-16-11(8-4-13-7-14-5-8)9-2-3-12-6-10(9)15-16/h4-5,7,12H,2-3,6H2,1H3. The molecule has 0 spiro atoms. The molecule has 1 aliphatic heterocycles. The number of rotatable bonds is 1. The van der Waals surface area contributed by atoms with Gasteiger partial charge in [-0.2, -0.15) is 5.10 Å². The van der Waals surface area contributed by atoms with E-state index in [0.29, 0.717) is 0 Å². The molecular formula is C11H13N5. The molecule has 5 nitrogen and oxygen atoms in total. The number of hydrogen-bond donors (Lipinski definition) is 1. The van der Waals surface area contributed by atoms with Crippen molar-refractivity contribution >= 4 is 0 Å². The Kier molecular flexibility index (Phi) is 2.18. The van der Waals surface area contributed by atoms with Gasteiger partial charge in [0, 0.05) is 37.1 Å². The molecular weight excluding hydrogens is 202 g/mol. The number of fused-ring (bicyclic) bond motifs is 1. The molecule has 0 unspecified atom stereocenters. The van der Waals surface area contributed by atoms with Crippen molar-refractivity contribution in [1.82, 2.24) is 25.1 Å². The SMILES string of the molecule is Cn1nc2c(c1-c1cncnc1)CCNC2. The van der Waals surface area contributed by atoms with Gasteiger partial charge in [-0.1, -0.05) is 0 Å². The fraction of sp³-hybridized carbons (Fsp3) is 0.364. The minimum absolute atomic E-state index is 0.858. The molecule has 1 N–H and O–H groups in total. The van der Waals surface area contributed by atoms with Gasteiger partial charge in [0.25, 0.3) is 0 Å². The van der Waals surface area contributed by atoms with E-state index in [-0.39, 0.29) is 0 Å². The van der Waals surface area contributed by atoms with E-state index in [2.05, 4.69) is 20.4 Å². The summed E-state index contributed by atoms with van der Waals surface area (Å²) in [5.74, 6) is 0. The van der Waals surface area contributed by atoms with Crippen LogP contribution in [0.25, 0.3) is 11.3 Å². The summed E-state index contributed by atoms with van der Waals surface area (Å²) in [7, 11) is 1.97. The second-order valence-electron chi connectivity index (χ2n) is 3.95. The first-order valence-electron chi connectivity index (χ1n) is 5.37. The average Bonchev–Trinajstić information content (AvgIpc) is 2.66. The van der Waals surface area contributed by atoms with Gasteiger partial charge in [-0.05, 0) is 13.0 Å².